The summed E-state index contributed by atoms with van der Waals surface area (Å²) in [6.07, 6.45) is 4.72. The maximum atomic E-state index is 13.2. The van der Waals surface area contributed by atoms with E-state index in [0.717, 1.165) is 16.7 Å². The summed E-state index contributed by atoms with van der Waals surface area (Å²) in [5.74, 6) is 0.507. The van der Waals surface area contributed by atoms with Crippen LogP contribution in [-0.4, -0.2) is 48.9 Å². The van der Waals surface area contributed by atoms with E-state index >= 15 is 0 Å². The fourth-order valence-electron chi connectivity index (χ4n) is 4.50. The molecular formula is C26H27N3O3. The van der Waals surface area contributed by atoms with Gasteiger partial charge in [-0.1, -0.05) is 36.4 Å². The predicted molar refractivity (Wildman–Crippen MR) is 123 cm³/mol. The number of hydrogen-bond acceptors (Lipinski definition) is 4. The molecule has 2 aromatic carbocycles. The van der Waals surface area contributed by atoms with E-state index in [2.05, 4.69) is 22.4 Å². The van der Waals surface area contributed by atoms with Crippen molar-refractivity contribution in [3.8, 4) is 16.9 Å². The molecule has 3 aromatic rings. The van der Waals surface area contributed by atoms with Crippen LogP contribution in [0.5, 0.6) is 5.75 Å². The molecule has 1 aliphatic heterocycles. The molecule has 6 heteroatoms. The molecule has 1 fully saturated rings. The number of ether oxygens (including phenoxy) is 1. The summed E-state index contributed by atoms with van der Waals surface area (Å²) >= 11 is 0. The maximum Gasteiger partial charge on any atom is 0.254 e. The molecule has 164 valence electrons. The number of nitrogens with one attached hydrogen (secondary N) is 1. The lowest BCUT2D eigenvalue weighted by atomic mass is 9.78. The highest BCUT2D eigenvalue weighted by Crippen LogP contribution is 2.38. The first-order chi connectivity index (χ1) is 15.6. The fraction of sp³-hybridized carbons (Fsp3) is 0.269. The van der Waals surface area contributed by atoms with E-state index in [1.807, 2.05) is 36.5 Å². The Morgan fingerprint density at radius 2 is 1.97 bits per heavy atom. The van der Waals surface area contributed by atoms with Crippen LogP contribution in [0.1, 0.15) is 22.3 Å². The topological polar surface area (TPSA) is 71.5 Å². The Bertz CT molecular complexity index is 1120. The minimum atomic E-state index is -0.693. The van der Waals surface area contributed by atoms with Crippen LogP contribution in [0, 0.1) is 5.41 Å². The lowest BCUT2D eigenvalue weighted by Gasteiger charge is -2.28. The number of benzene rings is 2. The van der Waals surface area contributed by atoms with Crippen LogP contribution in [0.4, 0.5) is 0 Å². The number of amides is 2. The Kier molecular flexibility index (Phi) is 6.21. The van der Waals surface area contributed by atoms with Gasteiger partial charge in [-0.2, -0.15) is 0 Å². The second kappa shape index (κ2) is 9.22. The maximum absolute atomic E-state index is 13.2. The van der Waals surface area contributed by atoms with Gasteiger partial charge < -0.3 is 15.0 Å². The summed E-state index contributed by atoms with van der Waals surface area (Å²) in [7, 11) is 3.24. The molecule has 6 nitrogen and oxygen atoms in total. The van der Waals surface area contributed by atoms with Gasteiger partial charge in [-0.05, 0) is 48.2 Å². The first-order valence-electron chi connectivity index (χ1n) is 10.7. The third-order valence-electron chi connectivity index (χ3n) is 6.19. The van der Waals surface area contributed by atoms with Gasteiger partial charge in [-0.15, -0.1) is 0 Å². The smallest absolute Gasteiger partial charge is 0.254 e. The molecule has 0 spiro atoms. The third-order valence-corrected chi connectivity index (χ3v) is 6.19. The molecule has 1 N–H and O–H groups in total. The Balaban J connectivity index is 1.63. The van der Waals surface area contributed by atoms with Gasteiger partial charge in [0.15, 0.2) is 0 Å². The summed E-state index contributed by atoms with van der Waals surface area (Å²) in [4.78, 5) is 32.3. The van der Waals surface area contributed by atoms with Crippen LogP contribution >= 0.6 is 0 Å². The lowest BCUT2D eigenvalue weighted by molar-refractivity contribution is -0.129. The molecule has 1 atom stereocenters. The van der Waals surface area contributed by atoms with Crippen molar-refractivity contribution in [1.82, 2.24) is 15.2 Å². The summed E-state index contributed by atoms with van der Waals surface area (Å²) < 4.78 is 5.26. The van der Waals surface area contributed by atoms with E-state index in [-0.39, 0.29) is 11.8 Å². The van der Waals surface area contributed by atoms with Crippen LogP contribution in [-0.2, 0) is 11.2 Å². The minimum Gasteiger partial charge on any atom is -0.497 e. The molecule has 2 amide bonds. The van der Waals surface area contributed by atoms with Crippen LogP contribution < -0.4 is 10.1 Å². The number of carbonyl (C=O) groups excluding carboxylic acids is 2. The van der Waals surface area contributed by atoms with E-state index < -0.39 is 5.41 Å². The Morgan fingerprint density at radius 1 is 1.12 bits per heavy atom. The van der Waals surface area contributed by atoms with E-state index in [9.17, 15) is 9.59 Å². The van der Waals surface area contributed by atoms with E-state index in [4.69, 9.17) is 4.74 Å². The van der Waals surface area contributed by atoms with Crippen molar-refractivity contribution in [3.05, 3.63) is 84.2 Å². The van der Waals surface area contributed by atoms with Crippen molar-refractivity contribution in [2.75, 3.05) is 27.2 Å². The minimum absolute atomic E-state index is 0.0422. The Labute approximate surface area is 188 Å². The first-order valence-corrected chi connectivity index (χ1v) is 10.7. The molecule has 0 bridgehead atoms. The van der Waals surface area contributed by atoms with Gasteiger partial charge in [0.05, 0.1) is 12.5 Å². The van der Waals surface area contributed by atoms with Crippen molar-refractivity contribution in [2.45, 2.75) is 12.8 Å². The number of hydrogen-bond donors (Lipinski definition) is 1. The molecular weight excluding hydrogens is 402 g/mol. The molecule has 1 unspecified atom stereocenters. The van der Waals surface area contributed by atoms with E-state index in [0.29, 0.717) is 37.2 Å². The number of carbonyl (C=O) groups is 2. The average Bonchev–Trinajstić information content (AvgIpc) is 3.29. The fourth-order valence-corrected chi connectivity index (χ4v) is 4.50. The summed E-state index contributed by atoms with van der Waals surface area (Å²) in [6, 6.07) is 19.1. The van der Waals surface area contributed by atoms with Crippen molar-refractivity contribution >= 4 is 11.8 Å². The SMILES string of the molecule is CNC(=O)C1(Cc2ccccc2-c2cccnc2)CCN(C(=O)c2cccc(OC)c2)C1. The number of pyridine rings is 1. The van der Waals surface area contributed by atoms with Gasteiger partial charge in [0.25, 0.3) is 5.91 Å². The number of nitrogens with zero attached hydrogens (tertiary/aromatic N) is 2. The van der Waals surface area contributed by atoms with Crippen LogP contribution in [0.3, 0.4) is 0 Å². The molecule has 1 aliphatic rings. The van der Waals surface area contributed by atoms with E-state index in [1.54, 1.807) is 43.5 Å². The number of methoxy groups -OCH3 is 1. The van der Waals surface area contributed by atoms with Gasteiger partial charge in [-0.3, -0.25) is 14.6 Å². The summed E-state index contributed by atoms with van der Waals surface area (Å²) in [5, 5.41) is 2.84. The number of rotatable bonds is 6. The van der Waals surface area contributed by atoms with Crippen molar-refractivity contribution in [2.24, 2.45) is 5.41 Å². The molecule has 32 heavy (non-hydrogen) atoms. The van der Waals surface area contributed by atoms with Gasteiger partial charge in [0.1, 0.15) is 5.75 Å². The van der Waals surface area contributed by atoms with Crippen molar-refractivity contribution in [1.29, 1.82) is 0 Å². The molecule has 1 aromatic heterocycles. The van der Waals surface area contributed by atoms with Crippen LogP contribution in [0.15, 0.2) is 73.1 Å². The van der Waals surface area contributed by atoms with Gasteiger partial charge in [0, 0.05) is 43.7 Å². The van der Waals surface area contributed by atoms with Crippen LogP contribution in [0.25, 0.3) is 11.1 Å². The van der Waals surface area contributed by atoms with Gasteiger partial charge in [-0.25, -0.2) is 0 Å². The number of likely N-dealkylation sites (tertiary alicyclic amines) is 1. The van der Waals surface area contributed by atoms with E-state index in [1.165, 1.54) is 0 Å². The Hall–Kier alpha value is -3.67. The first kappa shape index (κ1) is 21.6. The molecule has 0 aliphatic carbocycles. The second-order valence-electron chi connectivity index (χ2n) is 8.14. The third kappa shape index (κ3) is 4.21. The number of aromatic nitrogens is 1. The molecule has 0 radical (unpaired) electrons. The quantitative estimate of drug-likeness (QED) is 0.650. The average molecular weight is 430 g/mol. The monoisotopic (exact) mass is 429 g/mol. The summed E-state index contributed by atoms with van der Waals surface area (Å²) in [5.41, 5.74) is 3.01. The largest absolute Gasteiger partial charge is 0.497 e. The normalized spacial score (nSPS) is 17.8. The molecule has 2 heterocycles. The summed E-state index contributed by atoms with van der Waals surface area (Å²) in [6.45, 7) is 0.891. The van der Waals surface area contributed by atoms with Gasteiger partial charge >= 0.3 is 0 Å². The lowest BCUT2D eigenvalue weighted by Crippen LogP contribution is -2.44. The van der Waals surface area contributed by atoms with Crippen LogP contribution in [0.2, 0.25) is 0 Å². The zero-order valence-electron chi connectivity index (χ0n) is 18.4. The highest BCUT2D eigenvalue weighted by Gasteiger charge is 2.46. The standard InChI is InChI=1S/C26H27N3O3/c1-27-25(31)26(16-20-7-3-4-11-23(20)21-9-6-13-28-17-21)12-14-29(18-26)24(30)19-8-5-10-22(15-19)32-2/h3-11,13,15,17H,12,14,16,18H2,1-2H3,(H,27,31). The highest BCUT2D eigenvalue weighted by atomic mass is 16.5. The van der Waals surface area contributed by atoms with Crippen molar-refractivity contribution in [3.63, 3.8) is 0 Å². The second-order valence-corrected chi connectivity index (χ2v) is 8.14. The van der Waals surface area contributed by atoms with Gasteiger partial charge in [0.2, 0.25) is 5.91 Å². The zero-order chi connectivity index (χ0) is 22.6. The Morgan fingerprint density at radius 3 is 2.72 bits per heavy atom. The zero-order valence-corrected chi connectivity index (χ0v) is 18.4. The highest BCUT2D eigenvalue weighted by molar-refractivity contribution is 5.96. The predicted octanol–water partition coefficient (Wildman–Crippen LogP) is 3.58. The molecule has 0 saturated carbocycles. The molecule has 4 rings (SSSR count). The van der Waals surface area contributed by atoms with Crippen molar-refractivity contribution < 1.29 is 14.3 Å². The molecule has 1 saturated heterocycles.